The molecule has 1 atom stereocenters. The van der Waals surface area contributed by atoms with Crippen LogP contribution < -0.4 is 10.6 Å². The third-order valence-electron chi connectivity index (χ3n) is 3.78. The van der Waals surface area contributed by atoms with E-state index >= 15 is 0 Å². The zero-order valence-corrected chi connectivity index (χ0v) is 14.2. The van der Waals surface area contributed by atoms with Gasteiger partial charge in [-0.1, -0.05) is 0 Å². The Bertz CT molecular complexity index is 527. The van der Waals surface area contributed by atoms with E-state index in [-0.39, 0.29) is 5.92 Å². The van der Waals surface area contributed by atoms with Crippen molar-refractivity contribution < 1.29 is 13.2 Å². The molecule has 130 valence electrons. The average Bonchev–Trinajstić information content (AvgIpc) is 3.06. The summed E-state index contributed by atoms with van der Waals surface area (Å²) in [6.45, 7) is 3.57. The largest absolute Gasteiger partial charge is 0.401 e. The van der Waals surface area contributed by atoms with E-state index in [9.17, 15) is 13.2 Å². The SMILES string of the molecule is CN=C(NCc1ccc(C)s1)NCC1CCN(CC(F)(F)F)C1. The lowest BCUT2D eigenvalue weighted by Gasteiger charge is -2.18. The highest BCUT2D eigenvalue weighted by Gasteiger charge is 2.34. The molecule has 23 heavy (non-hydrogen) atoms. The van der Waals surface area contributed by atoms with Crippen molar-refractivity contribution in [2.75, 3.05) is 33.2 Å². The molecule has 0 aliphatic carbocycles. The molecule has 1 aromatic heterocycles. The lowest BCUT2D eigenvalue weighted by Crippen LogP contribution is -2.40. The number of hydrogen-bond donors (Lipinski definition) is 2. The van der Waals surface area contributed by atoms with E-state index in [1.54, 1.807) is 18.4 Å². The number of aliphatic imine (C=N–C) groups is 1. The van der Waals surface area contributed by atoms with Crippen molar-refractivity contribution in [1.82, 2.24) is 15.5 Å². The molecule has 1 aliphatic rings. The molecule has 0 spiro atoms. The van der Waals surface area contributed by atoms with Gasteiger partial charge in [-0.05, 0) is 37.9 Å². The molecule has 2 N–H and O–H groups in total. The first-order valence-electron chi connectivity index (χ1n) is 7.64. The summed E-state index contributed by atoms with van der Waals surface area (Å²) in [6.07, 6.45) is -3.33. The number of halogens is 3. The summed E-state index contributed by atoms with van der Waals surface area (Å²) in [6, 6.07) is 4.15. The molecule has 1 aliphatic heterocycles. The Morgan fingerprint density at radius 2 is 2.17 bits per heavy atom. The highest BCUT2D eigenvalue weighted by molar-refractivity contribution is 7.11. The van der Waals surface area contributed by atoms with Crippen LogP contribution in [0.1, 0.15) is 16.2 Å². The number of guanidine groups is 1. The Kier molecular flexibility index (Phi) is 6.29. The van der Waals surface area contributed by atoms with Crippen molar-refractivity contribution in [3.63, 3.8) is 0 Å². The van der Waals surface area contributed by atoms with E-state index < -0.39 is 12.7 Å². The molecule has 0 bridgehead atoms. The average molecular weight is 348 g/mol. The highest BCUT2D eigenvalue weighted by atomic mass is 32.1. The number of thiophene rings is 1. The van der Waals surface area contributed by atoms with E-state index in [0.717, 1.165) is 6.42 Å². The second kappa shape index (κ2) is 8.01. The van der Waals surface area contributed by atoms with Gasteiger partial charge in [-0.15, -0.1) is 11.3 Å². The van der Waals surface area contributed by atoms with Crippen molar-refractivity contribution in [1.29, 1.82) is 0 Å². The van der Waals surface area contributed by atoms with Crippen LogP contribution in [0.5, 0.6) is 0 Å². The van der Waals surface area contributed by atoms with Gasteiger partial charge in [0.05, 0.1) is 13.1 Å². The first-order valence-corrected chi connectivity index (χ1v) is 8.46. The highest BCUT2D eigenvalue weighted by Crippen LogP contribution is 2.22. The van der Waals surface area contributed by atoms with Crippen LogP contribution in [0.25, 0.3) is 0 Å². The van der Waals surface area contributed by atoms with Crippen LogP contribution in [0.3, 0.4) is 0 Å². The van der Waals surface area contributed by atoms with Gasteiger partial charge in [0.15, 0.2) is 5.96 Å². The minimum atomic E-state index is -4.11. The predicted octanol–water partition coefficient (Wildman–Crippen LogP) is 2.61. The Hall–Kier alpha value is -1.28. The fourth-order valence-corrected chi connectivity index (χ4v) is 3.52. The predicted molar refractivity (Wildman–Crippen MR) is 87.9 cm³/mol. The van der Waals surface area contributed by atoms with Crippen LogP contribution in [0.4, 0.5) is 13.2 Å². The van der Waals surface area contributed by atoms with Gasteiger partial charge < -0.3 is 10.6 Å². The minimum absolute atomic E-state index is 0.222. The normalized spacial score (nSPS) is 20.0. The standard InChI is InChI=1S/C15H23F3N4S/c1-11-3-4-13(23-11)8-21-14(19-2)20-7-12-5-6-22(9-12)10-15(16,17)18/h3-4,12H,5-10H2,1-2H3,(H2,19,20,21). The smallest absolute Gasteiger partial charge is 0.356 e. The van der Waals surface area contributed by atoms with Crippen molar-refractivity contribution >= 4 is 17.3 Å². The first kappa shape index (κ1) is 18.1. The molecule has 0 saturated carbocycles. The molecule has 1 fully saturated rings. The number of nitrogens with zero attached hydrogens (tertiary/aromatic N) is 2. The van der Waals surface area contributed by atoms with Crippen molar-refractivity contribution in [2.45, 2.75) is 26.1 Å². The molecule has 2 heterocycles. The second-order valence-electron chi connectivity index (χ2n) is 5.82. The fraction of sp³-hybridized carbons (Fsp3) is 0.667. The summed E-state index contributed by atoms with van der Waals surface area (Å²) >= 11 is 1.73. The van der Waals surface area contributed by atoms with Gasteiger partial charge in [-0.2, -0.15) is 13.2 Å². The molecule has 0 radical (unpaired) electrons. The van der Waals surface area contributed by atoms with Crippen molar-refractivity contribution in [3.05, 3.63) is 21.9 Å². The zero-order valence-electron chi connectivity index (χ0n) is 13.4. The monoisotopic (exact) mass is 348 g/mol. The van der Waals surface area contributed by atoms with E-state index in [1.165, 1.54) is 14.7 Å². The summed E-state index contributed by atoms with van der Waals surface area (Å²) in [5, 5.41) is 6.44. The van der Waals surface area contributed by atoms with Gasteiger partial charge in [0.1, 0.15) is 0 Å². The maximum Gasteiger partial charge on any atom is 0.401 e. The van der Waals surface area contributed by atoms with Crippen LogP contribution in [0.2, 0.25) is 0 Å². The topological polar surface area (TPSA) is 39.7 Å². The van der Waals surface area contributed by atoms with Gasteiger partial charge in [0.25, 0.3) is 0 Å². The van der Waals surface area contributed by atoms with Gasteiger partial charge in [-0.25, -0.2) is 0 Å². The number of hydrogen-bond acceptors (Lipinski definition) is 3. The van der Waals surface area contributed by atoms with Gasteiger partial charge in [-0.3, -0.25) is 9.89 Å². The van der Waals surface area contributed by atoms with Crippen LogP contribution >= 0.6 is 11.3 Å². The summed E-state index contributed by atoms with van der Waals surface area (Å²) in [7, 11) is 1.69. The maximum absolute atomic E-state index is 12.4. The van der Waals surface area contributed by atoms with Crippen LogP contribution in [0, 0.1) is 12.8 Å². The molecule has 0 amide bonds. The molecule has 0 aromatic carbocycles. The van der Waals surface area contributed by atoms with E-state index in [2.05, 4.69) is 34.7 Å². The van der Waals surface area contributed by atoms with Gasteiger partial charge >= 0.3 is 6.18 Å². The summed E-state index contributed by atoms with van der Waals surface area (Å²) in [5.74, 6) is 0.908. The summed E-state index contributed by atoms with van der Waals surface area (Å²) < 4.78 is 37.1. The summed E-state index contributed by atoms with van der Waals surface area (Å²) in [5.41, 5.74) is 0. The van der Waals surface area contributed by atoms with Gasteiger partial charge in [0.2, 0.25) is 0 Å². The molecule has 8 heteroatoms. The third kappa shape index (κ3) is 6.39. The van der Waals surface area contributed by atoms with Crippen molar-refractivity contribution in [2.24, 2.45) is 10.9 Å². The zero-order chi connectivity index (χ0) is 16.9. The van der Waals surface area contributed by atoms with E-state index in [4.69, 9.17) is 0 Å². The fourth-order valence-electron chi connectivity index (χ4n) is 2.69. The molecule has 2 rings (SSSR count). The molecule has 4 nitrogen and oxygen atoms in total. The number of rotatable bonds is 5. The Morgan fingerprint density at radius 1 is 1.39 bits per heavy atom. The Morgan fingerprint density at radius 3 is 2.78 bits per heavy atom. The molecule has 1 unspecified atom stereocenters. The van der Waals surface area contributed by atoms with Gasteiger partial charge in [0, 0.05) is 29.9 Å². The van der Waals surface area contributed by atoms with Crippen molar-refractivity contribution in [3.8, 4) is 0 Å². The molecule has 1 saturated heterocycles. The Labute approximate surface area is 138 Å². The van der Waals surface area contributed by atoms with Crippen LogP contribution in [0.15, 0.2) is 17.1 Å². The molecule has 1 aromatic rings. The number of aryl methyl sites for hydroxylation is 1. The lowest BCUT2D eigenvalue weighted by molar-refractivity contribution is -0.143. The number of alkyl halides is 3. The third-order valence-corrected chi connectivity index (χ3v) is 4.78. The van der Waals surface area contributed by atoms with E-state index in [1.807, 2.05) is 0 Å². The Balaban J connectivity index is 1.70. The molecular formula is C15H23F3N4S. The van der Waals surface area contributed by atoms with Crippen LogP contribution in [-0.4, -0.2) is 50.3 Å². The lowest BCUT2D eigenvalue weighted by atomic mass is 10.1. The molecular weight excluding hydrogens is 325 g/mol. The summed E-state index contributed by atoms with van der Waals surface area (Å²) in [4.78, 5) is 8.11. The number of likely N-dealkylation sites (tertiary alicyclic amines) is 1. The van der Waals surface area contributed by atoms with E-state index in [0.29, 0.717) is 32.1 Å². The maximum atomic E-state index is 12.4. The first-order chi connectivity index (χ1) is 10.9. The minimum Gasteiger partial charge on any atom is -0.356 e. The second-order valence-corrected chi connectivity index (χ2v) is 7.20. The number of nitrogens with one attached hydrogen (secondary N) is 2. The quantitative estimate of drug-likeness (QED) is 0.635. The van der Waals surface area contributed by atoms with Crippen LogP contribution in [-0.2, 0) is 6.54 Å².